The smallest absolute Gasteiger partial charge is 0.338 e. The molecule has 1 aliphatic rings. The van der Waals surface area contributed by atoms with Crippen molar-refractivity contribution in [2.45, 2.75) is 17.7 Å². The van der Waals surface area contributed by atoms with Crippen LogP contribution in [0.4, 0.5) is 0 Å². The van der Waals surface area contributed by atoms with Gasteiger partial charge in [-0.25, -0.2) is 13.2 Å². The molecule has 29 heavy (non-hydrogen) atoms. The molecule has 7 nitrogen and oxygen atoms in total. The van der Waals surface area contributed by atoms with E-state index in [4.69, 9.17) is 21.1 Å². The Kier molecular flexibility index (Phi) is 6.56. The zero-order valence-corrected chi connectivity index (χ0v) is 17.3. The van der Waals surface area contributed by atoms with Gasteiger partial charge in [-0.1, -0.05) is 23.7 Å². The molecule has 0 spiro atoms. The summed E-state index contributed by atoms with van der Waals surface area (Å²) in [6.45, 7) is 0.363. The predicted molar refractivity (Wildman–Crippen MR) is 107 cm³/mol. The second kappa shape index (κ2) is 8.94. The first-order valence-corrected chi connectivity index (χ1v) is 10.8. The highest BCUT2D eigenvalue weighted by Crippen LogP contribution is 2.30. The number of ketones is 1. The molecule has 2 aromatic carbocycles. The molecule has 0 radical (unpaired) electrons. The fraction of sp³-hybridized carbons (Fsp3) is 0.300. The fourth-order valence-electron chi connectivity index (χ4n) is 3.03. The third-order valence-corrected chi connectivity index (χ3v) is 6.72. The molecule has 1 fully saturated rings. The Morgan fingerprint density at radius 1 is 1.07 bits per heavy atom. The largest absolute Gasteiger partial charge is 0.495 e. The van der Waals surface area contributed by atoms with Crippen molar-refractivity contribution in [3.63, 3.8) is 0 Å². The molecule has 0 atom stereocenters. The highest BCUT2D eigenvalue weighted by atomic mass is 35.5. The van der Waals surface area contributed by atoms with E-state index in [-0.39, 0.29) is 16.2 Å². The van der Waals surface area contributed by atoms with Crippen molar-refractivity contribution in [2.24, 2.45) is 0 Å². The van der Waals surface area contributed by atoms with E-state index in [1.54, 1.807) is 18.2 Å². The second-order valence-corrected chi connectivity index (χ2v) is 8.83. The van der Waals surface area contributed by atoms with Crippen LogP contribution >= 0.6 is 11.6 Å². The van der Waals surface area contributed by atoms with E-state index in [1.165, 1.54) is 35.7 Å². The van der Waals surface area contributed by atoms with Crippen LogP contribution in [0.25, 0.3) is 0 Å². The number of carbonyl (C=O) groups is 2. The molecule has 1 heterocycles. The normalized spacial score (nSPS) is 14.6. The first kappa shape index (κ1) is 21.3. The van der Waals surface area contributed by atoms with Crippen molar-refractivity contribution < 1.29 is 27.5 Å². The molecular weight excluding hydrogens is 418 g/mol. The number of methoxy groups -OCH3 is 1. The number of carbonyl (C=O) groups excluding carboxylic acids is 2. The first-order chi connectivity index (χ1) is 13.8. The number of rotatable bonds is 7. The molecule has 0 aromatic heterocycles. The molecule has 0 saturated carbocycles. The van der Waals surface area contributed by atoms with Crippen molar-refractivity contribution in [2.75, 3.05) is 26.8 Å². The molecule has 2 aromatic rings. The quantitative estimate of drug-likeness (QED) is 0.488. The highest BCUT2D eigenvalue weighted by Gasteiger charge is 2.31. The standard InChI is InChI=1S/C20H20ClNO6S/c1-27-18-8-7-15(12-19(18)29(25,26)22-9-2-3-10-22)20(24)28-13-17(23)14-5-4-6-16(21)11-14/h4-8,11-12H,2-3,9-10,13H2,1H3. The number of ether oxygens (including phenoxy) is 2. The average molecular weight is 438 g/mol. The molecule has 0 bridgehead atoms. The lowest BCUT2D eigenvalue weighted by Gasteiger charge is -2.18. The van der Waals surface area contributed by atoms with Gasteiger partial charge >= 0.3 is 5.97 Å². The van der Waals surface area contributed by atoms with Crippen LogP contribution in [0.2, 0.25) is 5.02 Å². The van der Waals surface area contributed by atoms with Crippen molar-refractivity contribution in [3.05, 3.63) is 58.6 Å². The van der Waals surface area contributed by atoms with Crippen LogP contribution in [0.15, 0.2) is 47.4 Å². The van der Waals surface area contributed by atoms with Gasteiger partial charge in [0.2, 0.25) is 10.0 Å². The summed E-state index contributed by atoms with van der Waals surface area (Å²) in [6, 6.07) is 10.3. The molecule has 9 heteroatoms. The van der Waals surface area contributed by atoms with E-state index in [2.05, 4.69) is 0 Å². The van der Waals surface area contributed by atoms with Gasteiger partial charge < -0.3 is 9.47 Å². The lowest BCUT2D eigenvalue weighted by molar-refractivity contribution is 0.0474. The zero-order chi connectivity index (χ0) is 21.0. The summed E-state index contributed by atoms with van der Waals surface area (Å²) in [5.74, 6) is -1.08. The molecule has 3 rings (SSSR count). The Hall–Kier alpha value is -2.42. The number of benzene rings is 2. The van der Waals surface area contributed by atoms with Crippen LogP contribution in [-0.2, 0) is 14.8 Å². The third-order valence-electron chi connectivity index (χ3n) is 4.56. The van der Waals surface area contributed by atoms with Gasteiger partial charge in [0.15, 0.2) is 12.4 Å². The second-order valence-electron chi connectivity index (χ2n) is 6.49. The number of Topliss-reactive ketones (excluding diaryl/α,β-unsaturated/α-hetero) is 1. The summed E-state index contributed by atoms with van der Waals surface area (Å²) < 4.78 is 37.4. The average Bonchev–Trinajstić information content (AvgIpc) is 3.27. The van der Waals surface area contributed by atoms with E-state index in [0.29, 0.717) is 23.7 Å². The van der Waals surface area contributed by atoms with Crippen LogP contribution in [0.3, 0.4) is 0 Å². The van der Waals surface area contributed by atoms with Crippen LogP contribution < -0.4 is 4.74 Å². The van der Waals surface area contributed by atoms with E-state index in [0.717, 1.165) is 12.8 Å². The maximum absolute atomic E-state index is 12.9. The van der Waals surface area contributed by atoms with Crippen molar-refractivity contribution in [1.82, 2.24) is 4.31 Å². The minimum absolute atomic E-state index is 0.0162. The molecule has 0 unspecified atom stereocenters. The Morgan fingerprint density at radius 3 is 2.45 bits per heavy atom. The number of sulfonamides is 1. The van der Waals surface area contributed by atoms with Gasteiger partial charge in [-0.05, 0) is 43.2 Å². The molecule has 154 valence electrons. The summed E-state index contributed by atoms with van der Waals surface area (Å²) in [6.07, 6.45) is 1.57. The Morgan fingerprint density at radius 2 is 1.79 bits per heavy atom. The SMILES string of the molecule is COc1ccc(C(=O)OCC(=O)c2cccc(Cl)c2)cc1S(=O)(=O)N1CCCC1. The van der Waals surface area contributed by atoms with Crippen molar-refractivity contribution in [1.29, 1.82) is 0 Å². The Balaban J connectivity index is 1.78. The number of esters is 1. The van der Waals surface area contributed by atoms with Crippen LogP contribution in [-0.4, -0.2) is 51.3 Å². The van der Waals surface area contributed by atoms with Crippen LogP contribution in [0, 0.1) is 0 Å². The summed E-state index contributed by atoms with van der Waals surface area (Å²) >= 11 is 5.86. The van der Waals surface area contributed by atoms with Gasteiger partial charge in [-0.3, -0.25) is 4.79 Å². The number of hydrogen-bond acceptors (Lipinski definition) is 6. The van der Waals surface area contributed by atoms with Crippen molar-refractivity contribution in [3.8, 4) is 5.75 Å². The van der Waals surface area contributed by atoms with Gasteiger partial charge in [0.1, 0.15) is 10.6 Å². The summed E-state index contributed by atoms with van der Waals surface area (Å²) in [5.41, 5.74) is 0.333. The highest BCUT2D eigenvalue weighted by molar-refractivity contribution is 7.89. The number of hydrogen-bond donors (Lipinski definition) is 0. The zero-order valence-electron chi connectivity index (χ0n) is 15.8. The molecule has 1 aliphatic heterocycles. The summed E-state index contributed by atoms with van der Waals surface area (Å²) in [5, 5.41) is 0.397. The molecular formula is C20H20ClNO6S. The van der Waals surface area contributed by atoms with Crippen LogP contribution in [0.5, 0.6) is 5.75 Å². The third kappa shape index (κ3) is 4.77. The minimum atomic E-state index is -3.80. The maximum Gasteiger partial charge on any atom is 0.338 e. The first-order valence-electron chi connectivity index (χ1n) is 8.97. The molecule has 0 amide bonds. The van der Waals surface area contributed by atoms with Gasteiger partial charge in [-0.15, -0.1) is 0 Å². The number of nitrogens with zero attached hydrogens (tertiary/aromatic N) is 1. The Labute approximate surface area is 174 Å². The number of halogens is 1. The van der Waals surface area contributed by atoms with Crippen LogP contribution in [0.1, 0.15) is 33.6 Å². The lowest BCUT2D eigenvalue weighted by Crippen LogP contribution is -2.28. The maximum atomic E-state index is 12.9. The van der Waals surface area contributed by atoms with Gasteiger partial charge in [0, 0.05) is 23.7 Å². The van der Waals surface area contributed by atoms with Gasteiger partial charge in [0.25, 0.3) is 0 Å². The van der Waals surface area contributed by atoms with E-state index >= 15 is 0 Å². The fourth-order valence-corrected chi connectivity index (χ4v) is 4.92. The predicted octanol–water partition coefficient (Wildman–Crippen LogP) is 3.17. The van der Waals surface area contributed by atoms with Crippen molar-refractivity contribution >= 4 is 33.4 Å². The Bertz CT molecular complexity index is 1030. The summed E-state index contributed by atoms with van der Waals surface area (Å²) in [4.78, 5) is 24.5. The van der Waals surface area contributed by atoms with E-state index in [1.807, 2.05) is 0 Å². The van der Waals surface area contributed by atoms with E-state index in [9.17, 15) is 18.0 Å². The summed E-state index contributed by atoms with van der Waals surface area (Å²) in [7, 11) is -2.44. The van der Waals surface area contributed by atoms with E-state index < -0.39 is 28.4 Å². The molecule has 1 saturated heterocycles. The monoisotopic (exact) mass is 437 g/mol. The van der Waals surface area contributed by atoms with Gasteiger partial charge in [0.05, 0.1) is 12.7 Å². The molecule has 0 aliphatic carbocycles. The lowest BCUT2D eigenvalue weighted by atomic mass is 10.1. The topological polar surface area (TPSA) is 90.0 Å². The minimum Gasteiger partial charge on any atom is -0.495 e. The van der Waals surface area contributed by atoms with Gasteiger partial charge in [-0.2, -0.15) is 4.31 Å². The molecule has 0 N–H and O–H groups in total.